The van der Waals surface area contributed by atoms with Gasteiger partial charge in [-0.3, -0.25) is 0 Å². The summed E-state index contributed by atoms with van der Waals surface area (Å²) >= 11 is 6.44. The van der Waals surface area contributed by atoms with E-state index in [0.717, 1.165) is 23.9 Å². The van der Waals surface area contributed by atoms with E-state index in [1.165, 1.54) is 43.4 Å². The fraction of sp³-hybridized carbons (Fsp3) is 0.667. The minimum atomic E-state index is 0.652. The van der Waals surface area contributed by atoms with E-state index >= 15 is 0 Å². The number of nitrogens with zero attached hydrogens (tertiary/aromatic N) is 1. The predicted molar refractivity (Wildman–Crippen MR) is 93.3 cm³/mol. The SMILES string of the molecule is CC(C)CCN(c1cccc(Cl)c1CCN)C1CCCC1. The van der Waals surface area contributed by atoms with Gasteiger partial charge in [0, 0.05) is 23.3 Å². The van der Waals surface area contributed by atoms with Crippen LogP contribution >= 0.6 is 11.6 Å². The van der Waals surface area contributed by atoms with Gasteiger partial charge in [0.25, 0.3) is 0 Å². The van der Waals surface area contributed by atoms with Crippen molar-refractivity contribution in [2.24, 2.45) is 11.7 Å². The quantitative estimate of drug-likeness (QED) is 0.795. The van der Waals surface area contributed by atoms with Crippen LogP contribution in [0.3, 0.4) is 0 Å². The van der Waals surface area contributed by atoms with Gasteiger partial charge in [0.15, 0.2) is 0 Å². The number of benzene rings is 1. The van der Waals surface area contributed by atoms with Crippen LogP contribution < -0.4 is 10.6 Å². The third kappa shape index (κ3) is 4.37. The standard InChI is InChI=1S/C18H29ClN2/c1-14(2)11-13-21(15-6-3-4-7-15)18-9-5-8-17(19)16(18)10-12-20/h5,8-9,14-15H,3-4,6-7,10-13,20H2,1-2H3. The lowest BCUT2D eigenvalue weighted by Crippen LogP contribution is -2.35. The molecule has 0 heterocycles. The zero-order valence-electron chi connectivity index (χ0n) is 13.4. The zero-order valence-corrected chi connectivity index (χ0v) is 14.2. The van der Waals surface area contributed by atoms with Crippen LogP contribution in [0.4, 0.5) is 5.69 Å². The highest BCUT2D eigenvalue weighted by molar-refractivity contribution is 6.31. The second-order valence-electron chi connectivity index (χ2n) is 6.59. The van der Waals surface area contributed by atoms with Gasteiger partial charge in [-0.1, -0.05) is 44.4 Å². The molecule has 0 bridgehead atoms. The Morgan fingerprint density at radius 1 is 1.29 bits per heavy atom. The van der Waals surface area contributed by atoms with Gasteiger partial charge in [-0.05, 0) is 55.8 Å². The first-order valence-corrected chi connectivity index (χ1v) is 8.75. The molecule has 3 heteroatoms. The van der Waals surface area contributed by atoms with Crippen LogP contribution in [-0.2, 0) is 6.42 Å². The first kappa shape index (κ1) is 16.6. The summed E-state index contributed by atoms with van der Waals surface area (Å²) in [6.07, 6.45) is 7.43. The summed E-state index contributed by atoms with van der Waals surface area (Å²) in [5.41, 5.74) is 8.35. The van der Waals surface area contributed by atoms with Gasteiger partial charge in [-0.25, -0.2) is 0 Å². The maximum Gasteiger partial charge on any atom is 0.0459 e. The van der Waals surface area contributed by atoms with Crippen molar-refractivity contribution >= 4 is 17.3 Å². The van der Waals surface area contributed by atoms with E-state index in [2.05, 4.69) is 30.9 Å². The highest BCUT2D eigenvalue weighted by Gasteiger charge is 2.25. The molecule has 1 saturated carbocycles. The van der Waals surface area contributed by atoms with Crippen LogP contribution in [0, 0.1) is 5.92 Å². The van der Waals surface area contributed by atoms with Crippen LogP contribution in [0.2, 0.25) is 5.02 Å². The lowest BCUT2D eigenvalue weighted by Gasteiger charge is -2.34. The molecule has 0 radical (unpaired) electrons. The molecule has 1 aliphatic carbocycles. The molecule has 0 amide bonds. The lowest BCUT2D eigenvalue weighted by molar-refractivity contribution is 0.527. The maximum atomic E-state index is 6.44. The molecule has 1 aromatic rings. The highest BCUT2D eigenvalue weighted by Crippen LogP contribution is 2.34. The summed E-state index contributed by atoms with van der Waals surface area (Å²) in [4.78, 5) is 2.61. The number of hydrogen-bond donors (Lipinski definition) is 1. The molecule has 0 saturated heterocycles. The van der Waals surface area contributed by atoms with Gasteiger partial charge in [0.05, 0.1) is 0 Å². The number of nitrogens with two attached hydrogens (primary N) is 1. The molecule has 0 unspecified atom stereocenters. The van der Waals surface area contributed by atoms with E-state index in [0.29, 0.717) is 12.6 Å². The smallest absolute Gasteiger partial charge is 0.0459 e. The largest absolute Gasteiger partial charge is 0.368 e. The van der Waals surface area contributed by atoms with E-state index in [1.807, 2.05) is 6.07 Å². The Hall–Kier alpha value is -0.730. The maximum absolute atomic E-state index is 6.44. The van der Waals surface area contributed by atoms with Gasteiger partial charge in [0.1, 0.15) is 0 Å². The summed E-state index contributed by atoms with van der Waals surface area (Å²) in [6.45, 7) is 6.37. The molecular weight excluding hydrogens is 280 g/mol. The molecule has 0 aliphatic heterocycles. The van der Waals surface area contributed by atoms with Crippen LogP contribution in [0.15, 0.2) is 18.2 Å². The Kier molecular flexibility index (Phi) is 6.38. The van der Waals surface area contributed by atoms with E-state index in [1.54, 1.807) is 0 Å². The second-order valence-corrected chi connectivity index (χ2v) is 7.00. The average Bonchev–Trinajstić information content (AvgIpc) is 2.96. The van der Waals surface area contributed by atoms with Gasteiger partial charge >= 0.3 is 0 Å². The van der Waals surface area contributed by atoms with Crippen molar-refractivity contribution in [3.05, 3.63) is 28.8 Å². The summed E-state index contributed by atoms with van der Waals surface area (Å²) in [7, 11) is 0. The van der Waals surface area contributed by atoms with Crippen molar-refractivity contribution < 1.29 is 0 Å². The van der Waals surface area contributed by atoms with Crippen molar-refractivity contribution in [3.63, 3.8) is 0 Å². The molecule has 118 valence electrons. The summed E-state index contributed by atoms with van der Waals surface area (Å²) in [5.74, 6) is 0.728. The molecule has 1 fully saturated rings. The molecular formula is C18H29ClN2. The third-order valence-corrected chi connectivity index (χ3v) is 4.86. The molecule has 2 N–H and O–H groups in total. The predicted octanol–water partition coefficient (Wildman–Crippen LogP) is 4.64. The molecule has 0 atom stereocenters. The normalized spacial score (nSPS) is 15.9. The van der Waals surface area contributed by atoms with Crippen LogP contribution in [0.5, 0.6) is 0 Å². The molecule has 1 aromatic carbocycles. The molecule has 2 nitrogen and oxygen atoms in total. The molecule has 0 aromatic heterocycles. The second kappa shape index (κ2) is 8.05. The molecule has 1 aliphatic rings. The van der Waals surface area contributed by atoms with Gasteiger partial charge < -0.3 is 10.6 Å². The summed E-state index contributed by atoms with van der Waals surface area (Å²) in [5, 5.41) is 0.866. The van der Waals surface area contributed by atoms with E-state index in [4.69, 9.17) is 17.3 Å². The first-order valence-electron chi connectivity index (χ1n) is 8.37. The van der Waals surface area contributed by atoms with Crippen molar-refractivity contribution in [1.29, 1.82) is 0 Å². The Balaban J connectivity index is 2.28. The summed E-state index contributed by atoms with van der Waals surface area (Å²) in [6, 6.07) is 6.98. The third-order valence-electron chi connectivity index (χ3n) is 4.51. The van der Waals surface area contributed by atoms with Crippen molar-refractivity contribution in [1.82, 2.24) is 0 Å². The van der Waals surface area contributed by atoms with Gasteiger partial charge in [-0.2, -0.15) is 0 Å². The Bertz CT molecular complexity index is 439. The van der Waals surface area contributed by atoms with Crippen LogP contribution in [0.25, 0.3) is 0 Å². The van der Waals surface area contributed by atoms with Crippen molar-refractivity contribution in [3.8, 4) is 0 Å². The Morgan fingerprint density at radius 3 is 2.62 bits per heavy atom. The number of rotatable bonds is 7. The lowest BCUT2D eigenvalue weighted by atomic mass is 10.0. The monoisotopic (exact) mass is 308 g/mol. The molecule has 0 spiro atoms. The van der Waals surface area contributed by atoms with Crippen LogP contribution in [-0.4, -0.2) is 19.1 Å². The van der Waals surface area contributed by atoms with Crippen LogP contribution in [0.1, 0.15) is 51.5 Å². The molecule has 2 rings (SSSR count). The van der Waals surface area contributed by atoms with E-state index < -0.39 is 0 Å². The average molecular weight is 309 g/mol. The topological polar surface area (TPSA) is 29.3 Å². The van der Waals surface area contributed by atoms with E-state index in [-0.39, 0.29) is 0 Å². The van der Waals surface area contributed by atoms with Gasteiger partial charge in [-0.15, -0.1) is 0 Å². The Morgan fingerprint density at radius 2 is 2.00 bits per heavy atom. The highest BCUT2D eigenvalue weighted by atomic mass is 35.5. The van der Waals surface area contributed by atoms with Gasteiger partial charge in [0.2, 0.25) is 0 Å². The minimum absolute atomic E-state index is 0.652. The minimum Gasteiger partial charge on any atom is -0.368 e. The number of halogens is 1. The zero-order chi connectivity index (χ0) is 15.2. The fourth-order valence-corrected chi connectivity index (χ4v) is 3.59. The number of anilines is 1. The fourth-order valence-electron chi connectivity index (χ4n) is 3.32. The van der Waals surface area contributed by atoms with E-state index in [9.17, 15) is 0 Å². The molecule has 21 heavy (non-hydrogen) atoms. The first-order chi connectivity index (χ1) is 10.1. The Labute approximate surface area is 134 Å². The van der Waals surface area contributed by atoms with Crippen molar-refractivity contribution in [2.75, 3.05) is 18.0 Å². The van der Waals surface area contributed by atoms with Crippen molar-refractivity contribution in [2.45, 2.75) is 58.4 Å². The number of hydrogen-bond acceptors (Lipinski definition) is 2. The summed E-state index contributed by atoms with van der Waals surface area (Å²) < 4.78 is 0.